The van der Waals surface area contributed by atoms with Gasteiger partial charge in [-0.1, -0.05) is 79.6 Å². The molecular weight excluding hydrogens is 1060 g/mol. The molecule has 0 saturated carbocycles. The molecule has 0 spiro atoms. The molecule has 22 nitrogen and oxygen atoms in total. The Labute approximate surface area is 466 Å². The van der Waals surface area contributed by atoms with Gasteiger partial charge in [-0.3, -0.25) is 62.7 Å². The van der Waals surface area contributed by atoms with E-state index in [0.29, 0.717) is 59.9 Å². The van der Waals surface area contributed by atoms with Crippen molar-refractivity contribution in [1.82, 2.24) is 45.2 Å². The number of carbonyl (C=O) groups is 8. The zero-order chi connectivity index (χ0) is 57.5. The summed E-state index contributed by atoms with van der Waals surface area (Å²) < 4.78 is 14.7. The third-order valence-electron chi connectivity index (χ3n) is 15.7. The predicted molar refractivity (Wildman–Crippen MR) is 299 cm³/mol. The Hall–Kier alpha value is -8.04. The number of aryl methyl sites for hydroxylation is 2. The lowest BCUT2D eigenvalue weighted by molar-refractivity contribution is -0.146. The van der Waals surface area contributed by atoms with Gasteiger partial charge in [0, 0.05) is 74.1 Å². The first-order valence-corrected chi connectivity index (χ1v) is 29.0. The fourth-order valence-electron chi connectivity index (χ4n) is 11.5. The van der Waals surface area contributed by atoms with Crippen molar-refractivity contribution in [3.05, 3.63) is 142 Å². The lowest BCUT2D eigenvalue weighted by Gasteiger charge is -2.39. The summed E-state index contributed by atoms with van der Waals surface area (Å²) in [6.45, 7) is 0.317. The van der Waals surface area contributed by atoms with E-state index in [1.165, 1.54) is 27.3 Å². The third kappa shape index (κ3) is 13.4. The van der Waals surface area contributed by atoms with Gasteiger partial charge in [0.25, 0.3) is 5.52 Å². The number of fused-ring (bicyclic) bond motifs is 3. The van der Waals surface area contributed by atoms with Gasteiger partial charge in [-0.25, -0.2) is 4.79 Å². The molecule has 5 atom stereocenters. The first-order chi connectivity index (χ1) is 38.8. The van der Waals surface area contributed by atoms with Gasteiger partial charge in [0.1, 0.15) is 24.2 Å². The molecule has 3 fully saturated rings. The highest BCUT2D eigenvalue weighted by Gasteiger charge is 2.46. The van der Waals surface area contributed by atoms with Crippen LogP contribution in [-0.4, -0.2) is 118 Å². The molecule has 4 aromatic carbocycles. The molecule has 6 aromatic rings. The van der Waals surface area contributed by atoms with Crippen LogP contribution in [0.4, 0.5) is 0 Å². The van der Waals surface area contributed by atoms with Gasteiger partial charge in [-0.05, 0) is 104 Å². The fourth-order valence-corrected chi connectivity index (χ4v) is 11.9. The smallest absolute Gasteiger partial charge is 0.370 e. The Balaban J connectivity index is 0.871. The molecule has 7 amide bonds. The summed E-state index contributed by atoms with van der Waals surface area (Å²) in [6.07, 6.45) is 5.09. The molecule has 3 aliphatic rings. The number of imide groups is 1. The van der Waals surface area contributed by atoms with Gasteiger partial charge in [-0.2, -0.15) is 0 Å². The average molecular weight is 1130 g/mol. The molecule has 9 rings (SSSR count). The predicted octanol–water partition coefficient (Wildman–Crippen LogP) is 4.02. The lowest BCUT2D eigenvalue weighted by Crippen LogP contribution is -2.61. The van der Waals surface area contributed by atoms with Crippen LogP contribution in [0.3, 0.4) is 0 Å². The minimum atomic E-state index is -5.05. The second-order valence-corrected chi connectivity index (χ2v) is 22.7. The van der Waals surface area contributed by atoms with E-state index in [-0.39, 0.29) is 74.7 Å². The molecule has 5 heterocycles. The van der Waals surface area contributed by atoms with E-state index in [1.807, 2.05) is 78.9 Å². The molecule has 3 aliphatic heterocycles. The zero-order valence-corrected chi connectivity index (χ0v) is 45.8. The molecule has 9 N–H and O–H groups in total. The number of amides is 7. The maximum atomic E-state index is 15.1. The SMILES string of the molecule is Cn1c(=O)n(C2CCC(=O)NC2=O)c2ccc(CCCCCCC(=O)N3CC[C@H]4CC[C@@H](C(=O)N[C@@H](CCC(N)=O)C(=O)NC(c5ccccc5)c5ccccc5)N4C(=O)[C@@H](NCc4cc5cc(C(=O)P(=O)(O)O)ccc5[nH]4)C3)cc21. The molecule has 2 aromatic heterocycles. The highest BCUT2D eigenvalue weighted by atomic mass is 31.2. The highest BCUT2D eigenvalue weighted by molar-refractivity contribution is 7.70. The van der Waals surface area contributed by atoms with Crippen molar-refractivity contribution in [2.24, 2.45) is 12.8 Å². The number of primary amides is 1. The van der Waals surface area contributed by atoms with Crippen molar-refractivity contribution in [3.8, 4) is 0 Å². The largest absolute Gasteiger partial charge is 0.396 e. The van der Waals surface area contributed by atoms with E-state index in [2.05, 4.69) is 26.3 Å². The number of nitrogens with one attached hydrogen (secondary N) is 5. The van der Waals surface area contributed by atoms with Crippen LogP contribution in [0.1, 0.15) is 122 Å². The van der Waals surface area contributed by atoms with E-state index in [1.54, 1.807) is 22.9 Å². The van der Waals surface area contributed by atoms with Crippen LogP contribution < -0.4 is 32.7 Å². The van der Waals surface area contributed by atoms with Crippen LogP contribution in [0.25, 0.3) is 21.9 Å². The highest BCUT2D eigenvalue weighted by Crippen LogP contribution is 2.39. The van der Waals surface area contributed by atoms with E-state index in [0.717, 1.165) is 36.0 Å². The molecule has 1 unspecified atom stereocenters. The molecule has 0 bridgehead atoms. The van der Waals surface area contributed by atoms with Crippen molar-refractivity contribution in [3.63, 3.8) is 0 Å². The number of nitrogens with two attached hydrogens (primary N) is 1. The number of aromatic amines is 1. The summed E-state index contributed by atoms with van der Waals surface area (Å²) in [5, 5.41) is 12.1. The normalized spacial score (nSPS) is 19.0. The number of hydrogen-bond acceptors (Lipinski definition) is 11. The number of hydrogen-bond donors (Lipinski definition) is 8. The second-order valence-electron chi connectivity index (χ2n) is 21.2. The number of benzene rings is 4. The monoisotopic (exact) mass is 1130 g/mol. The number of aromatic nitrogens is 3. The minimum Gasteiger partial charge on any atom is -0.370 e. The summed E-state index contributed by atoms with van der Waals surface area (Å²) in [7, 11) is -3.39. The first kappa shape index (κ1) is 57.6. The molecular formula is C58H67N10O12P. The molecule has 0 aliphatic carbocycles. The van der Waals surface area contributed by atoms with Crippen molar-refractivity contribution < 1.29 is 52.7 Å². The molecule has 3 saturated heterocycles. The summed E-state index contributed by atoms with van der Waals surface area (Å²) in [4.78, 5) is 146. The summed E-state index contributed by atoms with van der Waals surface area (Å²) >= 11 is 0. The minimum absolute atomic E-state index is 0.0311. The van der Waals surface area contributed by atoms with E-state index in [4.69, 9.17) is 5.73 Å². The number of nitrogens with zero attached hydrogens (tertiary/aromatic N) is 4. The van der Waals surface area contributed by atoms with Crippen molar-refractivity contribution in [2.75, 3.05) is 13.1 Å². The van der Waals surface area contributed by atoms with Gasteiger partial charge in [0.2, 0.25) is 41.4 Å². The van der Waals surface area contributed by atoms with Gasteiger partial charge in [0.05, 0.1) is 17.1 Å². The quantitative estimate of drug-likeness (QED) is 0.0271. The van der Waals surface area contributed by atoms with Crippen molar-refractivity contribution in [2.45, 2.75) is 126 Å². The molecule has 426 valence electrons. The third-order valence-corrected chi connectivity index (χ3v) is 16.5. The Bertz CT molecular complexity index is 3440. The van der Waals surface area contributed by atoms with Gasteiger partial charge in [0.15, 0.2) is 0 Å². The van der Waals surface area contributed by atoms with Crippen LogP contribution >= 0.6 is 7.60 Å². The standard InChI is InChI=1S/C58H67N10O12P/c1-65-48-30-35(18-23-45(48)68(58(65)77)47-25-27-50(70)63-55(47)74)12-6-2-3-11-17-51(71)66-29-28-41-20-24-46(67(41)56(75)44(34-66)60-33-40-32-39-31-38(19-21-42(39)61-40)57(76)81(78,79)80)54(73)62-43(22-26-49(59)69)53(72)64-52(36-13-7-4-8-14-36)37-15-9-5-10-16-37/h4-5,7-10,13-16,18-19,21,23,30-32,41,43-44,46-47,52,60-61H,2-3,6,11-12,17,20,22,24-29,33-34H2,1H3,(H2,59,69)(H,62,73)(H,64,72)(H,63,70,74)(H2,78,79,80)/t41-,43+,44+,46+,47?/m1/s1. The Morgan fingerprint density at radius 3 is 2.20 bits per heavy atom. The number of imidazole rings is 1. The average Bonchev–Trinajstić information content (AvgIpc) is 4.19. The van der Waals surface area contributed by atoms with Crippen LogP contribution in [0, 0.1) is 0 Å². The maximum absolute atomic E-state index is 15.1. The van der Waals surface area contributed by atoms with E-state index < -0.39 is 78.9 Å². The van der Waals surface area contributed by atoms with Crippen molar-refractivity contribution in [1.29, 1.82) is 0 Å². The van der Waals surface area contributed by atoms with Crippen molar-refractivity contribution >= 4 is 76.4 Å². The topological polar surface area (TPSA) is 317 Å². The summed E-state index contributed by atoms with van der Waals surface area (Å²) in [6, 6.07) is 25.2. The lowest BCUT2D eigenvalue weighted by atomic mass is 9.98. The fraction of sp³-hybridized carbons (Fsp3) is 0.397. The number of unbranched alkanes of at least 4 members (excludes halogenated alkanes) is 3. The Kier molecular flexibility index (Phi) is 17.9. The molecule has 81 heavy (non-hydrogen) atoms. The first-order valence-electron chi connectivity index (χ1n) is 27.4. The van der Waals surface area contributed by atoms with Crippen LogP contribution in [0.5, 0.6) is 0 Å². The number of carbonyl (C=O) groups excluding carboxylic acids is 8. The maximum Gasteiger partial charge on any atom is 0.396 e. The van der Waals surface area contributed by atoms with Crippen LogP contribution in [0.15, 0.2) is 108 Å². The van der Waals surface area contributed by atoms with Gasteiger partial charge >= 0.3 is 13.3 Å². The number of piperidine rings is 1. The van der Waals surface area contributed by atoms with Crippen LogP contribution in [0.2, 0.25) is 0 Å². The van der Waals surface area contributed by atoms with Gasteiger partial charge in [-0.15, -0.1) is 0 Å². The Morgan fingerprint density at radius 2 is 1.51 bits per heavy atom. The molecule has 23 heteroatoms. The summed E-state index contributed by atoms with van der Waals surface area (Å²) in [5.41, 5.74) is 8.76. The number of H-pyrrole nitrogens is 1. The van der Waals surface area contributed by atoms with Gasteiger partial charge < -0.3 is 40.9 Å². The second kappa shape index (κ2) is 25.2. The van der Waals surface area contributed by atoms with E-state index >= 15 is 4.79 Å². The number of rotatable bonds is 22. The summed E-state index contributed by atoms with van der Waals surface area (Å²) in [5.74, 6) is -3.21. The molecule has 0 radical (unpaired) electrons. The van der Waals surface area contributed by atoms with E-state index in [9.17, 15) is 52.7 Å². The van der Waals surface area contributed by atoms with Crippen LogP contribution in [-0.2, 0) is 58.1 Å². The Morgan fingerprint density at radius 1 is 0.790 bits per heavy atom. The zero-order valence-electron chi connectivity index (χ0n) is 44.9.